The molecule has 0 spiro atoms. The van der Waals surface area contributed by atoms with Crippen molar-refractivity contribution < 1.29 is 14.6 Å². The number of nitrogens with zero attached hydrogens (tertiary/aromatic N) is 1. The van der Waals surface area contributed by atoms with Gasteiger partial charge in [0, 0.05) is 23.1 Å². The summed E-state index contributed by atoms with van der Waals surface area (Å²) in [5.74, 6) is -0.0333. The molecule has 0 radical (unpaired) electrons. The van der Waals surface area contributed by atoms with E-state index < -0.39 is 5.60 Å². The molecule has 0 bridgehead atoms. The number of carbonyl (C=O) groups excluding carboxylic acids is 1. The van der Waals surface area contributed by atoms with E-state index in [1.807, 2.05) is 13.8 Å². The van der Waals surface area contributed by atoms with Crippen molar-refractivity contribution in [3.8, 4) is 0 Å². The molecule has 1 aromatic rings. The number of hydrogen-bond acceptors (Lipinski definition) is 3. The highest BCUT2D eigenvalue weighted by Crippen LogP contribution is 2.24. The molecule has 6 heteroatoms. The molecule has 116 valence electrons. The largest absolute Gasteiger partial charge is 0.394 e. The van der Waals surface area contributed by atoms with Crippen LogP contribution in [0.25, 0.3) is 0 Å². The normalized spacial score (nSPS) is 21.4. The summed E-state index contributed by atoms with van der Waals surface area (Å²) in [7, 11) is 0. The van der Waals surface area contributed by atoms with Crippen molar-refractivity contribution in [2.75, 3.05) is 19.7 Å². The van der Waals surface area contributed by atoms with Gasteiger partial charge in [-0.1, -0.05) is 29.3 Å². The summed E-state index contributed by atoms with van der Waals surface area (Å²) in [6.07, 6.45) is -0.136. The Balaban J connectivity index is 2.08. The molecule has 1 aliphatic rings. The highest BCUT2D eigenvalue weighted by molar-refractivity contribution is 6.35. The molecule has 1 saturated heterocycles. The molecule has 1 aromatic carbocycles. The summed E-state index contributed by atoms with van der Waals surface area (Å²) < 4.78 is 5.71. The second kappa shape index (κ2) is 6.53. The molecule has 21 heavy (non-hydrogen) atoms. The molecule has 1 unspecified atom stereocenters. The average Bonchev–Trinajstić information content (AvgIpc) is 2.40. The lowest BCUT2D eigenvalue weighted by atomic mass is 10.0. The van der Waals surface area contributed by atoms with E-state index in [1.165, 1.54) is 0 Å². The number of aliphatic hydroxyl groups excluding tert-OH is 1. The topological polar surface area (TPSA) is 49.8 Å². The fraction of sp³-hybridized carbons (Fsp3) is 0.533. The maximum absolute atomic E-state index is 12.5. The van der Waals surface area contributed by atoms with Gasteiger partial charge in [0.05, 0.1) is 24.7 Å². The van der Waals surface area contributed by atoms with Crippen LogP contribution in [0.15, 0.2) is 18.2 Å². The van der Waals surface area contributed by atoms with E-state index in [0.29, 0.717) is 23.1 Å². The summed E-state index contributed by atoms with van der Waals surface area (Å²) >= 11 is 12.0. The fourth-order valence-electron chi connectivity index (χ4n) is 2.52. The second-order valence-corrected chi connectivity index (χ2v) is 6.71. The van der Waals surface area contributed by atoms with Crippen LogP contribution in [0.1, 0.15) is 19.4 Å². The Bertz CT molecular complexity index is 534. The highest BCUT2D eigenvalue weighted by atomic mass is 35.5. The average molecular weight is 332 g/mol. The van der Waals surface area contributed by atoms with E-state index in [2.05, 4.69) is 0 Å². The van der Waals surface area contributed by atoms with Gasteiger partial charge in [-0.3, -0.25) is 4.79 Å². The number of benzene rings is 1. The van der Waals surface area contributed by atoms with Crippen molar-refractivity contribution in [3.05, 3.63) is 33.8 Å². The molecule has 0 saturated carbocycles. The Kier molecular flexibility index (Phi) is 5.15. The van der Waals surface area contributed by atoms with Gasteiger partial charge in [-0.2, -0.15) is 0 Å². The molecule has 4 nitrogen and oxygen atoms in total. The molecular formula is C15H19Cl2NO3. The Morgan fingerprint density at radius 1 is 1.48 bits per heavy atom. The van der Waals surface area contributed by atoms with Crippen LogP contribution in [-0.4, -0.2) is 47.3 Å². The SMILES string of the molecule is CC1(C)CN(C(=O)Cc2ccc(Cl)cc2Cl)CC(CO)O1. The van der Waals surface area contributed by atoms with Crippen LogP contribution >= 0.6 is 23.2 Å². The van der Waals surface area contributed by atoms with Gasteiger partial charge in [-0.05, 0) is 31.5 Å². The van der Waals surface area contributed by atoms with Crippen molar-refractivity contribution in [2.45, 2.75) is 32.0 Å². The molecule has 1 fully saturated rings. The summed E-state index contributed by atoms with van der Waals surface area (Å²) in [6.45, 7) is 4.60. The molecule has 1 amide bonds. The van der Waals surface area contributed by atoms with Gasteiger partial charge >= 0.3 is 0 Å². The maximum Gasteiger partial charge on any atom is 0.227 e. The van der Waals surface area contributed by atoms with E-state index in [9.17, 15) is 9.90 Å². The third-order valence-corrected chi connectivity index (χ3v) is 3.98. The smallest absolute Gasteiger partial charge is 0.227 e. The minimum atomic E-state index is -0.467. The summed E-state index contributed by atoms with van der Waals surface area (Å²) in [4.78, 5) is 14.2. The van der Waals surface area contributed by atoms with Crippen molar-refractivity contribution in [3.63, 3.8) is 0 Å². The lowest BCUT2D eigenvalue weighted by Gasteiger charge is -2.42. The monoisotopic (exact) mass is 331 g/mol. The second-order valence-electron chi connectivity index (χ2n) is 5.87. The van der Waals surface area contributed by atoms with Crippen LogP contribution in [0.4, 0.5) is 0 Å². The molecule has 1 N–H and O–H groups in total. The minimum Gasteiger partial charge on any atom is -0.394 e. The fourth-order valence-corrected chi connectivity index (χ4v) is 3.00. The first-order valence-electron chi connectivity index (χ1n) is 6.81. The van der Waals surface area contributed by atoms with Crippen molar-refractivity contribution in [2.24, 2.45) is 0 Å². The van der Waals surface area contributed by atoms with Crippen LogP contribution in [0, 0.1) is 0 Å². The summed E-state index contributed by atoms with van der Waals surface area (Å²) in [5, 5.41) is 10.3. The van der Waals surface area contributed by atoms with Crippen molar-refractivity contribution >= 4 is 29.1 Å². The predicted octanol–water partition coefficient (Wildman–Crippen LogP) is 2.53. The zero-order chi connectivity index (χ0) is 15.6. The van der Waals surface area contributed by atoms with Crippen LogP contribution in [0.3, 0.4) is 0 Å². The number of rotatable bonds is 3. The zero-order valence-corrected chi connectivity index (χ0v) is 13.6. The van der Waals surface area contributed by atoms with Gasteiger partial charge in [0.1, 0.15) is 0 Å². The van der Waals surface area contributed by atoms with Crippen LogP contribution < -0.4 is 0 Å². The predicted molar refractivity (Wildman–Crippen MR) is 82.8 cm³/mol. The van der Waals surface area contributed by atoms with Crippen LogP contribution in [0.2, 0.25) is 10.0 Å². The van der Waals surface area contributed by atoms with Crippen molar-refractivity contribution in [1.29, 1.82) is 0 Å². The molecule has 1 aliphatic heterocycles. The number of amides is 1. The number of aliphatic hydroxyl groups is 1. The number of hydrogen-bond donors (Lipinski definition) is 1. The molecular weight excluding hydrogens is 313 g/mol. The molecule has 2 rings (SSSR count). The Morgan fingerprint density at radius 2 is 2.19 bits per heavy atom. The number of carbonyl (C=O) groups is 1. The zero-order valence-electron chi connectivity index (χ0n) is 12.1. The van der Waals surface area contributed by atoms with Crippen molar-refractivity contribution in [1.82, 2.24) is 4.90 Å². The van der Waals surface area contributed by atoms with Gasteiger partial charge in [0.15, 0.2) is 0 Å². The first kappa shape index (κ1) is 16.6. The minimum absolute atomic E-state index is 0.0333. The van der Waals surface area contributed by atoms with E-state index in [-0.39, 0.29) is 25.0 Å². The molecule has 0 aromatic heterocycles. The van der Waals surface area contributed by atoms with Gasteiger partial charge in [0.25, 0.3) is 0 Å². The Labute approximate surface area is 134 Å². The Morgan fingerprint density at radius 3 is 2.81 bits per heavy atom. The van der Waals surface area contributed by atoms with E-state index in [0.717, 1.165) is 5.56 Å². The number of morpholine rings is 1. The van der Waals surface area contributed by atoms with Gasteiger partial charge in [-0.25, -0.2) is 0 Å². The molecule has 1 atom stereocenters. The van der Waals surface area contributed by atoms with Crippen LogP contribution in [-0.2, 0) is 16.0 Å². The summed E-state index contributed by atoms with van der Waals surface area (Å²) in [6, 6.07) is 5.11. The maximum atomic E-state index is 12.5. The third-order valence-electron chi connectivity index (χ3n) is 3.39. The summed E-state index contributed by atoms with van der Waals surface area (Å²) in [5.41, 5.74) is 0.279. The van der Waals surface area contributed by atoms with Gasteiger partial charge < -0.3 is 14.7 Å². The van der Waals surface area contributed by atoms with Gasteiger partial charge in [-0.15, -0.1) is 0 Å². The highest BCUT2D eigenvalue weighted by Gasteiger charge is 2.35. The first-order valence-corrected chi connectivity index (χ1v) is 7.57. The van der Waals surface area contributed by atoms with E-state index in [4.69, 9.17) is 27.9 Å². The van der Waals surface area contributed by atoms with Crippen LogP contribution in [0.5, 0.6) is 0 Å². The lowest BCUT2D eigenvalue weighted by molar-refractivity contribution is -0.166. The first-order chi connectivity index (χ1) is 9.80. The van der Waals surface area contributed by atoms with E-state index >= 15 is 0 Å². The quantitative estimate of drug-likeness (QED) is 0.925. The number of ether oxygens (including phenoxy) is 1. The Hall–Kier alpha value is -0.810. The van der Waals surface area contributed by atoms with E-state index in [1.54, 1.807) is 23.1 Å². The lowest BCUT2D eigenvalue weighted by Crippen LogP contribution is -2.55. The molecule has 1 heterocycles. The number of halogens is 2. The standard InChI is InChI=1S/C15H19Cl2NO3/c1-15(2)9-18(7-12(8-19)21-15)14(20)5-10-3-4-11(16)6-13(10)17/h3-4,6,12,19H,5,7-9H2,1-2H3. The third kappa shape index (κ3) is 4.33. The van der Waals surface area contributed by atoms with Gasteiger partial charge in [0.2, 0.25) is 5.91 Å². The molecule has 0 aliphatic carbocycles.